The van der Waals surface area contributed by atoms with Crippen molar-refractivity contribution in [3.8, 4) is 5.75 Å². The van der Waals surface area contributed by atoms with Crippen LogP contribution in [0.5, 0.6) is 5.75 Å². The first kappa shape index (κ1) is 19.1. The molecule has 0 aliphatic heterocycles. The van der Waals surface area contributed by atoms with E-state index in [1.807, 2.05) is 13.8 Å². The molecule has 0 bridgehead atoms. The van der Waals surface area contributed by atoms with E-state index in [-0.39, 0.29) is 17.0 Å². The number of rotatable bonds is 7. The maximum absolute atomic E-state index is 12.6. The minimum atomic E-state index is -3.64. The lowest BCUT2D eigenvalue weighted by Crippen LogP contribution is -2.28. The summed E-state index contributed by atoms with van der Waals surface area (Å²) in [6.07, 6.45) is 1.99. The smallest absolute Gasteiger partial charge is 0.266 e. The minimum Gasteiger partial charge on any atom is -0.496 e. The molecular weight excluding hydrogens is 342 g/mol. The van der Waals surface area contributed by atoms with Crippen LogP contribution >= 0.6 is 0 Å². The lowest BCUT2D eigenvalue weighted by Gasteiger charge is -2.16. The molecule has 0 aliphatic carbocycles. The quantitative estimate of drug-likeness (QED) is 0.752. The fraction of sp³-hybridized carbons (Fsp3) is 0.412. The highest BCUT2D eigenvalue weighted by Gasteiger charge is 2.20. The molecule has 25 heavy (non-hydrogen) atoms. The van der Waals surface area contributed by atoms with Gasteiger partial charge < -0.3 is 4.74 Å². The molecule has 0 atom stereocenters. The van der Waals surface area contributed by atoms with Gasteiger partial charge in [-0.1, -0.05) is 0 Å². The molecule has 2 aromatic rings. The van der Waals surface area contributed by atoms with Gasteiger partial charge in [-0.25, -0.2) is 17.8 Å². The van der Waals surface area contributed by atoms with E-state index < -0.39 is 10.0 Å². The zero-order valence-electron chi connectivity index (χ0n) is 14.9. The lowest BCUT2D eigenvalue weighted by molar-refractivity contribution is 0.407. The SMILES string of the molecule is COc1c(C)cc(S(=O)(=O)NCCCn2ncccc2=O)c(C)c1C. The van der Waals surface area contributed by atoms with Crippen molar-refractivity contribution in [2.45, 2.75) is 38.6 Å². The summed E-state index contributed by atoms with van der Waals surface area (Å²) in [5.41, 5.74) is 2.03. The Hall–Kier alpha value is -2.19. The predicted molar refractivity (Wildman–Crippen MR) is 95.5 cm³/mol. The largest absolute Gasteiger partial charge is 0.496 e. The Morgan fingerprint density at radius 1 is 1.24 bits per heavy atom. The van der Waals surface area contributed by atoms with Gasteiger partial charge in [0.1, 0.15) is 5.75 Å². The van der Waals surface area contributed by atoms with Gasteiger partial charge in [0.05, 0.1) is 12.0 Å². The summed E-state index contributed by atoms with van der Waals surface area (Å²) in [7, 11) is -2.07. The van der Waals surface area contributed by atoms with Crippen molar-refractivity contribution in [2.24, 2.45) is 0 Å². The Kier molecular flexibility index (Phi) is 5.97. The van der Waals surface area contributed by atoms with Gasteiger partial charge in [0.2, 0.25) is 10.0 Å². The Balaban J connectivity index is 2.10. The first-order valence-corrected chi connectivity index (χ1v) is 9.43. The van der Waals surface area contributed by atoms with Gasteiger partial charge in [-0.2, -0.15) is 5.10 Å². The topological polar surface area (TPSA) is 90.3 Å². The highest BCUT2D eigenvalue weighted by atomic mass is 32.2. The second-order valence-corrected chi connectivity index (χ2v) is 7.55. The third-order valence-corrected chi connectivity index (χ3v) is 5.68. The van der Waals surface area contributed by atoms with Gasteiger partial charge in [-0.3, -0.25) is 4.79 Å². The number of hydrogen-bond donors (Lipinski definition) is 1. The van der Waals surface area contributed by atoms with Crippen LogP contribution < -0.4 is 15.0 Å². The Labute approximate surface area is 147 Å². The van der Waals surface area contributed by atoms with Crippen molar-refractivity contribution < 1.29 is 13.2 Å². The molecule has 0 saturated heterocycles. The Bertz CT molecular complexity index is 920. The van der Waals surface area contributed by atoms with Crippen LogP contribution in [0.15, 0.2) is 34.1 Å². The predicted octanol–water partition coefficient (Wildman–Crippen LogP) is 1.55. The van der Waals surface area contributed by atoms with Gasteiger partial charge in [0, 0.05) is 25.4 Å². The van der Waals surface area contributed by atoms with Crippen molar-refractivity contribution in [2.75, 3.05) is 13.7 Å². The summed E-state index contributed by atoms with van der Waals surface area (Å²) in [5.74, 6) is 0.700. The maximum atomic E-state index is 12.6. The monoisotopic (exact) mass is 365 g/mol. The number of ether oxygens (including phenoxy) is 1. The number of nitrogens with one attached hydrogen (secondary N) is 1. The molecule has 0 amide bonds. The molecule has 0 radical (unpaired) electrons. The summed E-state index contributed by atoms with van der Waals surface area (Å²) >= 11 is 0. The number of aryl methyl sites for hydroxylation is 2. The zero-order chi connectivity index (χ0) is 18.6. The van der Waals surface area contributed by atoms with E-state index >= 15 is 0 Å². The first-order chi connectivity index (χ1) is 11.8. The van der Waals surface area contributed by atoms with Gasteiger partial charge in [-0.15, -0.1) is 0 Å². The molecule has 8 heteroatoms. The molecule has 1 aromatic heterocycles. The Morgan fingerprint density at radius 3 is 2.60 bits per heavy atom. The van der Waals surface area contributed by atoms with E-state index in [1.165, 1.54) is 16.9 Å². The summed E-state index contributed by atoms with van der Waals surface area (Å²) < 4.78 is 34.4. The number of hydrogen-bond acceptors (Lipinski definition) is 5. The molecule has 0 fully saturated rings. The molecule has 0 spiro atoms. The van der Waals surface area contributed by atoms with Crippen LogP contribution in [0.3, 0.4) is 0 Å². The van der Waals surface area contributed by atoms with Crippen molar-refractivity contribution >= 4 is 10.0 Å². The first-order valence-electron chi connectivity index (χ1n) is 7.94. The normalized spacial score (nSPS) is 11.5. The number of methoxy groups -OCH3 is 1. The second-order valence-electron chi connectivity index (χ2n) is 5.81. The molecule has 0 unspecified atom stereocenters. The van der Waals surface area contributed by atoms with Crippen LogP contribution in [-0.2, 0) is 16.6 Å². The van der Waals surface area contributed by atoms with Crippen LogP contribution in [-0.4, -0.2) is 31.9 Å². The summed E-state index contributed by atoms with van der Waals surface area (Å²) in [5, 5.41) is 3.94. The molecular formula is C17H23N3O4S. The van der Waals surface area contributed by atoms with Crippen LogP contribution in [0.4, 0.5) is 0 Å². The average molecular weight is 365 g/mol. The van der Waals surface area contributed by atoms with Crippen LogP contribution in [0.1, 0.15) is 23.1 Å². The molecule has 136 valence electrons. The van der Waals surface area contributed by atoms with E-state index in [0.29, 0.717) is 24.3 Å². The van der Waals surface area contributed by atoms with Gasteiger partial charge in [0.25, 0.3) is 5.56 Å². The number of nitrogens with zero attached hydrogens (tertiary/aromatic N) is 2. The maximum Gasteiger partial charge on any atom is 0.266 e. The van der Waals surface area contributed by atoms with Gasteiger partial charge in [-0.05, 0) is 56.0 Å². The third kappa shape index (κ3) is 4.26. The van der Waals surface area contributed by atoms with Crippen LogP contribution in [0.25, 0.3) is 0 Å². The number of benzene rings is 1. The molecule has 1 aromatic carbocycles. The van der Waals surface area contributed by atoms with E-state index in [1.54, 1.807) is 26.2 Å². The fourth-order valence-corrected chi connectivity index (χ4v) is 4.14. The van der Waals surface area contributed by atoms with Crippen molar-refractivity contribution in [1.82, 2.24) is 14.5 Å². The summed E-state index contributed by atoms with van der Waals surface area (Å²) in [6.45, 7) is 5.99. The van der Waals surface area contributed by atoms with Crippen molar-refractivity contribution in [1.29, 1.82) is 0 Å². The summed E-state index contributed by atoms with van der Waals surface area (Å²) in [4.78, 5) is 11.8. The van der Waals surface area contributed by atoms with Gasteiger partial charge in [0.15, 0.2) is 0 Å². The summed E-state index contributed by atoms with van der Waals surface area (Å²) in [6, 6.07) is 4.61. The molecule has 2 rings (SSSR count). The van der Waals surface area contributed by atoms with E-state index in [9.17, 15) is 13.2 Å². The minimum absolute atomic E-state index is 0.206. The third-order valence-electron chi connectivity index (χ3n) is 4.10. The molecule has 1 N–H and O–H groups in total. The van der Waals surface area contributed by atoms with E-state index in [4.69, 9.17) is 4.74 Å². The molecule has 0 saturated carbocycles. The highest BCUT2D eigenvalue weighted by Crippen LogP contribution is 2.30. The molecule has 0 aliphatic rings. The standard InChI is InChI=1S/C17H23N3O4S/c1-12-11-15(13(2)14(3)17(12)24-4)25(22,23)19-9-6-10-20-16(21)7-5-8-18-20/h5,7-8,11,19H,6,9-10H2,1-4H3. The van der Waals surface area contributed by atoms with Crippen molar-refractivity contribution in [3.63, 3.8) is 0 Å². The van der Waals surface area contributed by atoms with E-state index in [2.05, 4.69) is 9.82 Å². The number of aromatic nitrogens is 2. The van der Waals surface area contributed by atoms with Crippen LogP contribution in [0.2, 0.25) is 0 Å². The average Bonchev–Trinajstić information content (AvgIpc) is 2.57. The molecule has 7 nitrogen and oxygen atoms in total. The Morgan fingerprint density at radius 2 is 1.96 bits per heavy atom. The number of sulfonamides is 1. The fourth-order valence-electron chi connectivity index (χ4n) is 2.68. The van der Waals surface area contributed by atoms with Crippen molar-refractivity contribution in [3.05, 3.63) is 51.4 Å². The molecule has 1 heterocycles. The van der Waals surface area contributed by atoms with E-state index in [0.717, 1.165) is 11.1 Å². The van der Waals surface area contributed by atoms with Gasteiger partial charge >= 0.3 is 0 Å². The van der Waals surface area contributed by atoms with Crippen LogP contribution in [0, 0.1) is 20.8 Å². The second kappa shape index (κ2) is 7.79. The zero-order valence-corrected chi connectivity index (χ0v) is 15.7. The highest BCUT2D eigenvalue weighted by molar-refractivity contribution is 7.89. The lowest BCUT2D eigenvalue weighted by atomic mass is 10.1.